The molecule has 32 heavy (non-hydrogen) atoms. The van der Waals surface area contributed by atoms with Crippen LogP contribution >= 0.6 is 0 Å². The monoisotopic (exact) mass is 437 g/mol. The molecule has 6 nitrogen and oxygen atoms in total. The molecule has 1 aliphatic heterocycles. The van der Waals surface area contributed by atoms with Crippen LogP contribution in [0.1, 0.15) is 56.3 Å². The molecule has 2 aromatic rings. The molecule has 172 valence electrons. The van der Waals surface area contributed by atoms with Gasteiger partial charge in [0.2, 0.25) is 5.91 Å². The molecule has 1 aliphatic rings. The lowest BCUT2D eigenvalue weighted by atomic mass is 10.1. The summed E-state index contributed by atoms with van der Waals surface area (Å²) in [6, 6.07) is 14.8. The standard InChI is InChI=1S/C26H35N3O3/c1-20(2)14-17-32-24-9-7-8-23(18-24)28-25(30)19-27-22-12-10-21(11-13-22)26(31)29-15-5-3-4-6-16-29/h7-13,18,20,27H,3-6,14-17,19H2,1-2H3,(H,28,30). The van der Waals surface area contributed by atoms with E-state index in [-0.39, 0.29) is 18.4 Å². The molecule has 0 unspecified atom stereocenters. The van der Waals surface area contributed by atoms with E-state index in [4.69, 9.17) is 4.74 Å². The fraction of sp³-hybridized carbons (Fsp3) is 0.462. The van der Waals surface area contributed by atoms with E-state index in [1.54, 1.807) is 0 Å². The van der Waals surface area contributed by atoms with E-state index >= 15 is 0 Å². The molecule has 3 rings (SSSR count). The Kier molecular flexibility index (Phi) is 8.96. The maximum absolute atomic E-state index is 12.7. The Labute approximate surface area is 191 Å². The Morgan fingerprint density at radius 2 is 1.69 bits per heavy atom. The first-order chi connectivity index (χ1) is 15.5. The van der Waals surface area contributed by atoms with Gasteiger partial charge in [-0.05, 0) is 61.6 Å². The highest BCUT2D eigenvalue weighted by atomic mass is 16.5. The van der Waals surface area contributed by atoms with Crippen LogP contribution in [0, 0.1) is 5.92 Å². The van der Waals surface area contributed by atoms with Gasteiger partial charge in [-0.1, -0.05) is 32.8 Å². The predicted molar refractivity (Wildman–Crippen MR) is 129 cm³/mol. The van der Waals surface area contributed by atoms with E-state index < -0.39 is 0 Å². The fourth-order valence-corrected chi connectivity index (χ4v) is 3.65. The minimum atomic E-state index is -0.144. The molecule has 0 aromatic heterocycles. The molecule has 2 N–H and O–H groups in total. The summed E-state index contributed by atoms with van der Waals surface area (Å²) in [6.07, 6.45) is 5.54. The minimum absolute atomic E-state index is 0.0895. The summed E-state index contributed by atoms with van der Waals surface area (Å²) in [7, 11) is 0. The first-order valence-corrected chi connectivity index (χ1v) is 11.7. The van der Waals surface area contributed by atoms with Crippen molar-refractivity contribution in [1.82, 2.24) is 4.90 Å². The number of nitrogens with zero attached hydrogens (tertiary/aromatic N) is 1. The number of ether oxygens (including phenoxy) is 1. The second kappa shape index (κ2) is 12.1. The molecule has 1 fully saturated rings. The van der Waals surface area contributed by atoms with Crippen molar-refractivity contribution in [3.8, 4) is 5.75 Å². The highest BCUT2D eigenvalue weighted by Crippen LogP contribution is 2.19. The molecule has 2 aromatic carbocycles. The maximum atomic E-state index is 12.7. The van der Waals surface area contributed by atoms with Gasteiger partial charge in [0.25, 0.3) is 5.91 Å². The van der Waals surface area contributed by atoms with Gasteiger partial charge in [0, 0.05) is 36.1 Å². The average Bonchev–Trinajstić information content (AvgIpc) is 3.07. The summed E-state index contributed by atoms with van der Waals surface area (Å²) >= 11 is 0. The molecule has 0 radical (unpaired) electrons. The van der Waals surface area contributed by atoms with Crippen molar-refractivity contribution >= 4 is 23.2 Å². The summed E-state index contributed by atoms with van der Waals surface area (Å²) in [6.45, 7) is 6.79. The zero-order valence-corrected chi connectivity index (χ0v) is 19.2. The van der Waals surface area contributed by atoms with Crippen molar-refractivity contribution in [2.45, 2.75) is 46.0 Å². The lowest BCUT2D eigenvalue weighted by Crippen LogP contribution is -2.31. The fourth-order valence-electron chi connectivity index (χ4n) is 3.65. The molecule has 1 heterocycles. The molecule has 0 saturated carbocycles. The van der Waals surface area contributed by atoms with E-state index in [0.717, 1.165) is 43.8 Å². The van der Waals surface area contributed by atoms with Crippen LogP contribution < -0.4 is 15.4 Å². The molecule has 1 saturated heterocycles. The van der Waals surface area contributed by atoms with Gasteiger partial charge in [-0.3, -0.25) is 9.59 Å². The number of rotatable bonds is 9. The number of hydrogen-bond donors (Lipinski definition) is 2. The van der Waals surface area contributed by atoms with Crippen molar-refractivity contribution in [3.63, 3.8) is 0 Å². The van der Waals surface area contributed by atoms with Crippen molar-refractivity contribution in [2.75, 3.05) is 36.9 Å². The smallest absolute Gasteiger partial charge is 0.253 e. The summed E-state index contributed by atoms with van der Waals surface area (Å²) in [5.41, 5.74) is 2.20. The van der Waals surface area contributed by atoms with Gasteiger partial charge < -0.3 is 20.3 Å². The summed E-state index contributed by atoms with van der Waals surface area (Å²) in [4.78, 5) is 27.0. The molecule has 6 heteroatoms. The van der Waals surface area contributed by atoms with Crippen molar-refractivity contribution < 1.29 is 14.3 Å². The highest BCUT2D eigenvalue weighted by Gasteiger charge is 2.17. The van der Waals surface area contributed by atoms with Gasteiger partial charge in [-0.15, -0.1) is 0 Å². The Hall–Kier alpha value is -3.02. The van der Waals surface area contributed by atoms with Crippen LogP contribution in [0.15, 0.2) is 48.5 Å². The van der Waals surface area contributed by atoms with Crippen LogP contribution in [0.25, 0.3) is 0 Å². The predicted octanol–water partition coefficient (Wildman–Crippen LogP) is 5.18. The van der Waals surface area contributed by atoms with Crippen LogP contribution in [0.4, 0.5) is 11.4 Å². The van der Waals surface area contributed by atoms with Crippen LogP contribution in [0.2, 0.25) is 0 Å². The van der Waals surface area contributed by atoms with E-state index in [1.807, 2.05) is 53.4 Å². The summed E-state index contributed by atoms with van der Waals surface area (Å²) < 4.78 is 5.75. The number of anilines is 2. The number of carbonyl (C=O) groups excluding carboxylic acids is 2. The Bertz CT molecular complexity index is 872. The number of likely N-dealkylation sites (tertiary alicyclic amines) is 1. The number of hydrogen-bond acceptors (Lipinski definition) is 4. The third kappa shape index (κ3) is 7.59. The van der Waals surface area contributed by atoms with Gasteiger partial charge in [-0.2, -0.15) is 0 Å². The third-order valence-corrected chi connectivity index (χ3v) is 5.56. The Balaban J connectivity index is 1.46. The molecule has 0 bridgehead atoms. The number of benzene rings is 2. The van der Waals surface area contributed by atoms with Crippen molar-refractivity contribution in [2.24, 2.45) is 5.92 Å². The maximum Gasteiger partial charge on any atom is 0.253 e. The lowest BCUT2D eigenvalue weighted by Gasteiger charge is -2.20. The lowest BCUT2D eigenvalue weighted by molar-refractivity contribution is -0.114. The number of amides is 2. The van der Waals surface area contributed by atoms with Gasteiger partial charge in [0.05, 0.1) is 13.2 Å². The van der Waals surface area contributed by atoms with Crippen molar-refractivity contribution in [3.05, 3.63) is 54.1 Å². The molecule has 2 amide bonds. The first kappa shape index (κ1) is 23.6. The SMILES string of the molecule is CC(C)CCOc1cccc(NC(=O)CNc2ccc(C(=O)N3CCCCCC3)cc2)c1. The molecule has 0 spiro atoms. The van der Waals surface area contributed by atoms with E-state index in [0.29, 0.717) is 23.8 Å². The van der Waals surface area contributed by atoms with Crippen LogP contribution in [0.3, 0.4) is 0 Å². The average molecular weight is 438 g/mol. The van der Waals surface area contributed by atoms with Crippen LogP contribution in [-0.4, -0.2) is 43.0 Å². The van der Waals surface area contributed by atoms with Crippen molar-refractivity contribution in [1.29, 1.82) is 0 Å². The highest BCUT2D eigenvalue weighted by molar-refractivity contribution is 5.95. The zero-order chi connectivity index (χ0) is 22.8. The molecule has 0 aliphatic carbocycles. The van der Waals surface area contributed by atoms with Gasteiger partial charge in [0.1, 0.15) is 5.75 Å². The molecular weight excluding hydrogens is 402 g/mol. The second-order valence-corrected chi connectivity index (χ2v) is 8.74. The van der Waals surface area contributed by atoms with E-state index in [2.05, 4.69) is 24.5 Å². The largest absolute Gasteiger partial charge is 0.494 e. The quantitative estimate of drug-likeness (QED) is 0.567. The van der Waals surface area contributed by atoms with Gasteiger partial charge in [0.15, 0.2) is 0 Å². The molecule has 0 atom stereocenters. The van der Waals surface area contributed by atoms with Gasteiger partial charge in [-0.25, -0.2) is 0 Å². The Morgan fingerprint density at radius 3 is 2.38 bits per heavy atom. The number of nitrogens with one attached hydrogen (secondary N) is 2. The van der Waals surface area contributed by atoms with Gasteiger partial charge >= 0.3 is 0 Å². The van der Waals surface area contributed by atoms with E-state index in [1.165, 1.54) is 12.8 Å². The normalized spacial score (nSPS) is 14.0. The zero-order valence-electron chi connectivity index (χ0n) is 19.2. The number of carbonyl (C=O) groups is 2. The van der Waals surface area contributed by atoms with Crippen LogP contribution in [0.5, 0.6) is 5.75 Å². The topological polar surface area (TPSA) is 70.7 Å². The molecular formula is C26H35N3O3. The second-order valence-electron chi connectivity index (χ2n) is 8.74. The van der Waals surface area contributed by atoms with Crippen LogP contribution in [-0.2, 0) is 4.79 Å². The van der Waals surface area contributed by atoms with E-state index in [9.17, 15) is 9.59 Å². The minimum Gasteiger partial charge on any atom is -0.494 e. The third-order valence-electron chi connectivity index (χ3n) is 5.56. The summed E-state index contributed by atoms with van der Waals surface area (Å²) in [5, 5.41) is 6.00. The summed E-state index contributed by atoms with van der Waals surface area (Å²) in [5.74, 6) is 1.28. The first-order valence-electron chi connectivity index (χ1n) is 11.7. The Morgan fingerprint density at radius 1 is 0.969 bits per heavy atom.